The van der Waals surface area contributed by atoms with Crippen molar-refractivity contribution in [3.8, 4) is 103 Å². The average molecular weight is 1800 g/mol. The van der Waals surface area contributed by atoms with E-state index in [1.54, 1.807) is 135 Å². The standard InChI is InChI=1S/C25H22F3N3O4.C16H11ClF3N3O2.C11H14O2.C10H14O.C9H10O2.2C9H12O2.10CH4/c1-4-33-22-10-9-20(11-16(22)2)34-23-12-24(32)31(15-21(23)17-13-29-30(3)14-17)18-5-7-19(8-6-18)35-25(26,27)28;1-22-8-10(7-21-22)13-9-23(15(24)6-14(13)17)11-2-4-12(5-3-11)25-16(18,19)20;1-4-13-11-6-5-10(9(3)12)7-8(11)2;1-4-11-10-6-5-8(2)7-9(10)3;1-6-5-8(7(2)10)3-4-9(6)11;2*1-3-11-9-5-4-8(10)6-7(9)2;;;;;;;;;;/h5-15H,4H2,1-3H3;2-9H,1H3;5-7H,4H2,1-3H3;5-7H,4H2,1-3H3;3-5,11H,1-2H3;2*4-6,10H,3H2,1-2H3;10*1H4. The molecular formula is C99H135ClF6N6O15. The molecule has 3 N–H and O–H groups in total. The number of halogens is 7. The molecule has 0 aliphatic rings. The third-order valence-electron chi connectivity index (χ3n) is 16.5. The first-order chi connectivity index (χ1) is 55.3. The summed E-state index contributed by atoms with van der Waals surface area (Å²) in [7, 11) is 3.50. The zero-order chi connectivity index (χ0) is 86.4. The van der Waals surface area contributed by atoms with Crippen molar-refractivity contribution in [1.82, 2.24) is 28.7 Å². The number of phenols is 3. The molecule has 21 nitrogen and oxygen atoms in total. The van der Waals surface area contributed by atoms with E-state index in [1.165, 1.54) is 75.8 Å². The summed E-state index contributed by atoms with van der Waals surface area (Å²) in [5.41, 5.74) is 10.9. The van der Waals surface area contributed by atoms with E-state index in [1.807, 2.05) is 86.6 Å². The Morgan fingerprint density at radius 2 is 0.701 bits per heavy atom. The van der Waals surface area contributed by atoms with Gasteiger partial charge in [-0.3, -0.25) is 37.7 Å². The summed E-state index contributed by atoms with van der Waals surface area (Å²) in [6, 6.07) is 44.6. The van der Waals surface area contributed by atoms with Crippen molar-refractivity contribution in [2.75, 3.05) is 33.0 Å². The second kappa shape index (κ2) is 58.3. The highest BCUT2D eigenvalue weighted by molar-refractivity contribution is 6.33. The van der Waals surface area contributed by atoms with Crippen LogP contribution in [0.5, 0.6) is 69.0 Å². The van der Waals surface area contributed by atoms with Gasteiger partial charge in [0, 0.05) is 95.8 Å². The lowest BCUT2D eigenvalue weighted by Gasteiger charge is -2.15. The van der Waals surface area contributed by atoms with Crippen molar-refractivity contribution in [3.63, 3.8) is 0 Å². The van der Waals surface area contributed by atoms with E-state index in [0.29, 0.717) is 77.1 Å². The van der Waals surface area contributed by atoms with Gasteiger partial charge in [-0.15, -0.1) is 26.3 Å². The number of aromatic hydroxyl groups is 3. The fourth-order valence-electron chi connectivity index (χ4n) is 10.9. The number of nitrogens with zero attached hydrogens (tertiary/aromatic N) is 6. The second-order valence-electron chi connectivity index (χ2n) is 25.8. The van der Waals surface area contributed by atoms with Crippen LogP contribution in [0.25, 0.3) is 33.6 Å². The molecule has 12 aromatic rings. The molecule has 0 saturated carbocycles. The molecule has 0 atom stereocenters. The molecule has 8 aromatic carbocycles. The molecule has 0 aliphatic carbocycles. The number of phenolic OH excluding ortho intramolecular Hbond substituents is 3. The maximum Gasteiger partial charge on any atom is 0.573 e. The fourth-order valence-corrected chi connectivity index (χ4v) is 11.1. The largest absolute Gasteiger partial charge is 0.573 e. The molecule has 4 aromatic heterocycles. The lowest BCUT2D eigenvalue weighted by Crippen LogP contribution is -2.18. The van der Waals surface area contributed by atoms with E-state index < -0.39 is 23.8 Å². The van der Waals surface area contributed by atoms with Crippen molar-refractivity contribution in [2.24, 2.45) is 14.1 Å². The smallest absolute Gasteiger partial charge is 0.508 e. The monoisotopic (exact) mass is 1800 g/mol. The zero-order valence-electron chi connectivity index (χ0n) is 67.7. The maximum absolute atomic E-state index is 13.0. The number of Topliss-reactive ketones (excluding diaryl/α,β-unsaturated/α-hetero) is 2. The number of hydrogen-bond acceptors (Lipinski definition) is 17. The first kappa shape index (κ1) is 123. The van der Waals surface area contributed by atoms with Crippen molar-refractivity contribution in [1.29, 1.82) is 0 Å². The van der Waals surface area contributed by atoms with Crippen molar-refractivity contribution in [2.45, 2.75) is 184 Å². The number of rotatable bonds is 20. The Bertz CT molecular complexity index is 5270. The molecule has 127 heavy (non-hydrogen) atoms. The summed E-state index contributed by atoms with van der Waals surface area (Å²) < 4.78 is 121. The van der Waals surface area contributed by atoms with Crippen molar-refractivity contribution >= 4 is 23.2 Å². The molecule has 0 fully saturated rings. The third-order valence-corrected chi connectivity index (χ3v) is 16.8. The van der Waals surface area contributed by atoms with Crippen LogP contribution in [0.1, 0.15) is 182 Å². The van der Waals surface area contributed by atoms with E-state index in [-0.39, 0.29) is 120 Å². The van der Waals surface area contributed by atoms with Crippen LogP contribution in [0.2, 0.25) is 5.02 Å². The van der Waals surface area contributed by atoms with E-state index >= 15 is 0 Å². The number of hydrogen-bond donors (Lipinski definition) is 3. The molecular weight excluding hydrogens is 1660 g/mol. The minimum absolute atomic E-state index is 0. The molecule has 0 unspecified atom stereocenters. The van der Waals surface area contributed by atoms with Gasteiger partial charge < -0.3 is 53.2 Å². The summed E-state index contributed by atoms with van der Waals surface area (Å²) >= 11 is 6.14. The first-order valence-electron chi connectivity index (χ1n) is 36.7. The Hall–Kier alpha value is -12.9. The van der Waals surface area contributed by atoms with Crippen LogP contribution < -0.4 is 49.0 Å². The Morgan fingerprint density at radius 1 is 0.378 bits per heavy atom. The fraction of sp³-hybridized carbons (Fsp3) is 0.333. The lowest BCUT2D eigenvalue weighted by molar-refractivity contribution is -0.275. The molecule has 0 radical (unpaired) electrons. The predicted octanol–water partition coefficient (Wildman–Crippen LogP) is 27.2. The minimum atomic E-state index is -4.80. The van der Waals surface area contributed by atoms with Crippen molar-refractivity contribution in [3.05, 3.63) is 283 Å². The summed E-state index contributed by atoms with van der Waals surface area (Å²) in [4.78, 5) is 47.0. The number of carbonyl (C=O) groups is 2. The number of benzene rings is 8. The van der Waals surface area contributed by atoms with Crippen LogP contribution in [0.4, 0.5) is 26.3 Å². The van der Waals surface area contributed by atoms with Crippen molar-refractivity contribution < 1.29 is 89.1 Å². The second-order valence-corrected chi connectivity index (χ2v) is 26.3. The van der Waals surface area contributed by atoms with E-state index in [4.69, 9.17) is 55.3 Å². The molecule has 12 rings (SSSR count). The lowest BCUT2D eigenvalue weighted by atomic mass is 10.1. The molecule has 0 spiro atoms. The van der Waals surface area contributed by atoms with Gasteiger partial charge in [0.05, 0.1) is 50.5 Å². The van der Waals surface area contributed by atoms with Crippen LogP contribution in [0, 0.1) is 48.5 Å². The predicted molar refractivity (Wildman–Crippen MR) is 507 cm³/mol. The topological polar surface area (TPSA) is 248 Å². The van der Waals surface area contributed by atoms with Gasteiger partial charge in [-0.2, -0.15) is 10.2 Å². The van der Waals surface area contributed by atoms with Gasteiger partial charge in [0.15, 0.2) is 11.6 Å². The molecule has 0 aliphatic heterocycles. The summed E-state index contributed by atoms with van der Waals surface area (Å²) in [6.45, 7) is 29.6. The Balaban J connectivity index is -0.000000476. The highest BCUT2D eigenvalue weighted by Crippen LogP contribution is 2.36. The third kappa shape index (κ3) is 39.4. The van der Waals surface area contributed by atoms with Gasteiger partial charge in [-0.05, 0) is 276 Å². The molecule has 0 amide bonds. The number of alkyl halides is 6. The van der Waals surface area contributed by atoms with Crippen LogP contribution in [-0.2, 0) is 14.1 Å². The Morgan fingerprint density at radius 3 is 1.04 bits per heavy atom. The molecule has 28 heteroatoms. The molecule has 0 bridgehead atoms. The molecule has 0 saturated heterocycles. The SMILES string of the molecule is C.C.C.C.C.C.C.C.C.C.CC(=O)c1ccc(O)c(C)c1.CCOc1ccc(C(C)=O)cc1C.CCOc1ccc(C)cc1C.CCOc1ccc(O)cc1C.CCOc1ccc(O)cc1C.CCOc1ccc(Oc2cc(=O)n(-c3ccc(OC(F)(F)F)cc3)cc2-c2cnn(C)c2)cc1C.Cn1cc(-c2cn(-c3ccc(OC(F)(F)F)cc3)c(=O)cc2Cl)cn1. The maximum atomic E-state index is 13.0. The highest BCUT2D eigenvalue weighted by atomic mass is 35.5. The first-order valence-corrected chi connectivity index (χ1v) is 37.1. The van der Waals surface area contributed by atoms with Gasteiger partial charge in [-0.25, -0.2) is 0 Å². The van der Waals surface area contributed by atoms with E-state index in [9.17, 15) is 45.5 Å². The van der Waals surface area contributed by atoms with Crippen LogP contribution in [0.15, 0.2) is 217 Å². The summed E-state index contributed by atoms with van der Waals surface area (Å²) in [6.07, 6.45) is 0.223. The zero-order valence-corrected chi connectivity index (χ0v) is 68.5. The summed E-state index contributed by atoms with van der Waals surface area (Å²) in [5, 5.41) is 35.7. The van der Waals surface area contributed by atoms with Gasteiger partial charge in [0.25, 0.3) is 11.1 Å². The van der Waals surface area contributed by atoms with E-state index in [2.05, 4.69) is 45.7 Å². The Kier molecular flexibility index (Phi) is 56.3. The molecule has 4 heterocycles. The van der Waals surface area contributed by atoms with Crippen LogP contribution >= 0.6 is 11.6 Å². The van der Waals surface area contributed by atoms with Crippen LogP contribution in [-0.4, -0.2) is 101 Å². The highest BCUT2D eigenvalue weighted by Gasteiger charge is 2.32. The number of pyridine rings is 2. The van der Waals surface area contributed by atoms with Gasteiger partial charge >= 0.3 is 12.7 Å². The number of aromatic nitrogens is 6. The molecule has 700 valence electrons. The number of carbonyl (C=O) groups excluding carboxylic acids is 2. The quantitative estimate of drug-likeness (QED) is 0.0474. The van der Waals surface area contributed by atoms with Gasteiger partial charge in [0.1, 0.15) is 69.0 Å². The van der Waals surface area contributed by atoms with Crippen LogP contribution in [0.3, 0.4) is 0 Å². The number of aryl methyl sites for hydroxylation is 9. The summed E-state index contributed by atoms with van der Waals surface area (Å²) in [5.74, 6) is 5.24. The normalized spacial score (nSPS) is 9.76. The number of ether oxygens (including phenoxy) is 8. The average Bonchev–Trinajstić information content (AvgIpc) is 1.79. The van der Waals surface area contributed by atoms with Gasteiger partial charge in [-0.1, -0.05) is 104 Å². The van der Waals surface area contributed by atoms with E-state index in [0.717, 1.165) is 93.0 Å². The minimum Gasteiger partial charge on any atom is -0.508 e. The van der Waals surface area contributed by atoms with Gasteiger partial charge in [0.2, 0.25) is 0 Å². The number of ketones is 2. The Labute approximate surface area is 753 Å².